The quantitative estimate of drug-likeness (QED) is 0.866. The number of hydrogen-bond donors (Lipinski definition) is 1. The van der Waals surface area contributed by atoms with E-state index in [4.69, 9.17) is 4.74 Å². The molecule has 1 saturated carbocycles. The van der Waals surface area contributed by atoms with Crippen molar-refractivity contribution < 1.29 is 9.53 Å². The van der Waals surface area contributed by atoms with E-state index in [9.17, 15) is 4.79 Å². The summed E-state index contributed by atoms with van der Waals surface area (Å²) in [6.45, 7) is 2.61. The molecule has 2 fully saturated rings. The van der Waals surface area contributed by atoms with Crippen molar-refractivity contribution in [1.82, 2.24) is 20.0 Å². The van der Waals surface area contributed by atoms with E-state index in [1.807, 2.05) is 46.1 Å². The number of ether oxygens (including phenoxy) is 1. The van der Waals surface area contributed by atoms with Gasteiger partial charge in [0.2, 0.25) is 0 Å². The van der Waals surface area contributed by atoms with Crippen molar-refractivity contribution in [3.05, 3.63) is 47.8 Å². The highest BCUT2D eigenvalue weighted by molar-refractivity contribution is 5.92. The summed E-state index contributed by atoms with van der Waals surface area (Å²) in [7, 11) is 1.66. The second-order valence-electron chi connectivity index (χ2n) is 7.19. The number of carbonyl (C=O) groups excluding carboxylic acids is 1. The summed E-state index contributed by atoms with van der Waals surface area (Å²) >= 11 is 0. The van der Waals surface area contributed by atoms with E-state index in [-0.39, 0.29) is 5.91 Å². The lowest BCUT2D eigenvalue weighted by Gasteiger charge is -2.23. The topological polar surface area (TPSA) is 59.4 Å². The summed E-state index contributed by atoms with van der Waals surface area (Å²) in [5.74, 6) is 0.865. The summed E-state index contributed by atoms with van der Waals surface area (Å²) in [6, 6.07) is 10.5. The number of benzene rings is 1. The normalized spacial score (nSPS) is 20.0. The Kier molecular flexibility index (Phi) is 4.93. The molecule has 0 bridgehead atoms. The van der Waals surface area contributed by atoms with Crippen LogP contribution < -0.4 is 10.1 Å². The lowest BCUT2D eigenvalue weighted by Crippen LogP contribution is -2.34. The van der Waals surface area contributed by atoms with E-state index in [2.05, 4.69) is 10.4 Å². The number of aromatic nitrogens is 2. The van der Waals surface area contributed by atoms with Crippen LogP contribution in [0.2, 0.25) is 0 Å². The van der Waals surface area contributed by atoms with Crippen LogP contribution in [0.3, 0.4) is 0 Å². The maximum atomic E-state index is 13.1. The molecule has 1 unspecified atom stereocenters. The molecule has 6 nitrogen and oxygen atoms in total. The van der Waals surface area contributed by atoms with Crippen molar-refractivity contribution in [2.24, 2.45) is 0 Å². The number of piperidine rings is 1. The average molecular weight is 354 g/mol. The summed E-state index contributed by atoms with van der Waals surface area (Å²) < 4.78 is 7.17. The highest BCUT2D eigenvalue weighted by Crippen LogP contribution is 2.30. The first-order valence-corrected chi connectivity index (χ1v) is 9.44. The highest BCUT2D eigenvalue weighted by Gasteiger charge is 2.34. The van der Waals surface area contributed by atoms with Crippen LogP contribution in [0.1, 0.15) is 47.8 Å². The van der Waals surface area contributed by atoms with Crippen molar-refractivity contribution in [3.8, 4) is 5.75 Å². The lowest BCUT2D eigenvalue weighted by molar-refractivity contribution is 0.0722. The van der Waals surface area contributed by atoms with Crippen LogP contribution in [0.5, 0.6) is 5.75 Å². The van der Waals surface area contributed by atoms with Crippen LogP contribution in [0.25, 0.3) is 0 Å². The zero-order valence-corrected chi connectivity index (χ0v) is 15.2. The average Bonchev–Trinajstić information content (AvgIpc) is 3.42. The SMILES string of the molecule is COc1ccc(CN(C(=O)c2ccn(C3CCCNC3)n2)C2CC2)cc1. The third-order valence-electron chi connectivity index (χ3n) is 5.23. The Morgan fingerprint density at radius 1 is 1.27 bits per heavy atom. The van der Waals surface area contributed by atoms with Gasteiger partial charge in [0.05, 0.1) is 13.2 Å². The predicted octanol–water partition coefficient (Wildman–Crippen LogP) is 2.62. The van der Waals surface area contributed by atoms with Crippen LogP contribution in [0.15, 0.2) is 36.5 Å². The zero-order valence-electron chi connectivity index (χ0n) is 15.2. The fraction of sp³-hybridized carbons (Fsp3) is 0.500. The molecule has 138 valence electrons. The van der Waals surface area contributed by atoms with Gasteiger partial charge in [-0.15, -0.1) is 0 Å². The van der Waals surface area contributed by atoms with E-state index in [0.29, 0.717) is 24.3 Å². The van der Waals surface area contributed by atoms with Gasteiger partial charge in [-0.3, -0.25) is 9.48 Å². The smallest absolute Gasteiger partial charge is 0.274 e. The number of hydrogen-bond acceptors (Lipinski definition) is 4. The number of nitrogens with zero attached hydrogens (tertiary/aromatic N) is 3. The van der Waals surface area contributed by atoms with E-state index in [1.54, 1.807) is 7.11 Å². The summed E-state index contributed by atoms with van der Waals surface area (Å²) in [5, 5.41) is 8.00. The minimum Gasteiger partial charge on any atom is -0.497 e. The Labute approximate surface area is 154 Å². The standard InChI is InChI=1S/C20H26N4O2/c1-26-18-8-4-15(5-9-18)14-23(16-6-7-16)20(25)19-10-12-24(22-19)17-3-2-11-21-13-17/h4-5,8-10,12,16-17,21H,2-3,6-7,11,13-14H2,1H3. The molecule has 2 aliphatic rings. The largest absolute Gasteiger partial charge is 0.497 e. The minimum atomic E-state index is 0.0332. The van der Waals surface area contributed by atoms with Gasteiger partial charge in [0, 0.05) is 25.3 Å². The Balaban J connectivity index is 1.47. The molecule has 6 heteroatoms. The summed E-state index contributed by atoms with van der Waals surface area (Å²) in [5.41, 5.74) is 1.66. The number of rotatable bonds is 6. The molecule has 1 saturated heterocycles. The van der Waals surface area contributed by atoms with Crippen molar-refractivity contribution in [2.45, 2.75) is 44.3 Å². The van der Waals surface area contributed by atoms with Crippen molar-refractivity contribution >= 4 is 5.91 Å². The molecule has 1 atom stereocenters. The molecule has 2 aromatic rings. The molecular weight excluding hydrogens is 328 g/mol. The van der Waals surface area contributed by atoms with Gasteiger partial charge in [0.15, 0.2) is 0 Å². The van der Waals surface area contributed by atoms with Crippen molar-refractivity contribution in [2.75, 3.05) is 20.2 Å². The molecule has 1 aliphatic carbocycles. The monoisotopic (exact) mass is 354 g/mol. The maximum Gasteiger partial charge on any atom is 0.274 e. The molecular formula is C20H26N4O2. The Hall–Kier alpha value is -2.34. The third-order valence-corrected chi connectivity index (χ3v) is 5.23. The van der Waals surface area contributed by atoms with Crippen LogP contribution in [0.4, 0.5) is 0 Å². The van der Waals surface area contributed by atoms with Gasteiger partial charge >= 0.3 is 0 Å². The molecule has 1 amide bonds. The van der Waals surface area contributed by atoms with Gasteiger partial charge in [0.1, 0.15) is 11.4 Å². The van der Waals surface area contributed by atoms with Gasteiger partial charge in [-0.25, -0.2) is 0 Å². The predicted molar refractivity (Wildman–Crippen MR) is 99.3 cm³/mol. The Bertz CT molecular complexity index is 745. The van der Waals surface area contributed by atoms with E-state index in [1.165, 1.54) is 0 Å². The third kappa shape index (κ3) is 3.75. The first-order chi connectivity index (χ1) is 12.7. The minimum absolute atomic E-state index is 0.0332. The second-order valence-corrected chi connectivity index (χ2v) is 7.19. The Morgan fingerprint density at radius 2 is 2.08 bits per heavy atom. The van der Waals surface area contributed by atoms with E-state index in [0.717, 1.165) is 50.1 Å². The molecule has 1 aromatic heterocycles. The molecule has 4 rings (SSSR count). The summed E-state index contributed by atoms with van der Waals surface area (Å²) in [4.78, 5) is 15.0. The van der Waals surface area contributed by atoms with Crippen LogP contribution in [-0.4, -0.2) is 46.8 Å². The number of carbonyl (C=O) groups is 1. The first-order valence-electron chi connectivity index (χ1n) is 9.44. The number of amides is 1. The fourth-order valence-electron chi connectivity index (χ4n) is 3.54. The van der Waals surface area contributed by atoms with Crippen LogP contribution >= 0.6 is 0 Å². The number of nitrogens with one attached hydrogen (secondary N) is 1. The molecule has 1 aliphatic heterocycles. The molecule has 1 aromatic carbocycles. The van der Waals surface area contributed by atoms with Crippen molar-refractivity contribution in [1.29, 1.82) is 0 Å². The van der Waals surface area contributed by atoms with E-state index < -0.39 is 0 Å². The summed E-state index contributed by atoms with van der Waals surface area (Å²) in [6.07, 6.45) is 6.37. The van der Waals surface area contributed by atoms with Gasteiger partial charge in [-0.05, 0) is 56.0 Å². The molecule has 1 N–H and O–H groups in total. The number of methoxy groups -OCH3 is 1. The highest BCUT2D eigenvalue weighted by atomic mass is 16.5. The molecule has 0 radical (unpaired) electrons. The molecule has 0 spiro atoms. The van der Waals surface area contributed by atoms with Gasteiger partial charge in [0.25, 0.3) is 5.91 Å². The fourth-order valence-corrected chi connectivity index (χ4v) is 3.54. The molecule has 26 heavy (non-hydrogen) atoms. The second kappa shape index (κ2) is 7.50. The first kappa shape index (κ1) is 17.1. The van der Waals surface area contributed by atoms with Crippen LogP contribution in [-0.2, 0) is 6.54 Å². The zero-order chi connectivity index (χ0) is 17.9. The van der Waals surface area contributed by atoms with Gasteiger partial charge in [-0.2, -0.15) is 5.10 Å². The maximum absolute atomic E-state index is 13.1. The lowest BCUT2D eigenvalue weighted by atomic mass is 10.1. The van der Waals surface area contributed by atoms with Crippen molar-refractivity contribution in [3.63, 3.8) is 0 Å². The molecule has 2 heterocycles. The van der Waals surface area contributed by atoms with Gasteiger partial charge < -0.3 is 15.0 Å². The van der Waals surface area contributed by atoms with Crippen LogP contribution in [0, 0.1) is 0 Å². The Morgan fingerprint density at radius 3 is 2.73 bits per heavy atom. The van der Waals surface area contributed by atoms with Gasteiger partial charge in [-0.1, -0.05) is 12.1 Å². The van der Waals surface area contributed by atoms with E-state index >= 15 is 0 Å².